The summed E-state index contributed by atoms with van der Waals surface area (Å²) in [6, 6.07) is 12.3. The Kier molecular flexibility index (Phi) is 4.56. The summed E-state index contributed by atoms with van der Waals surface area (Å²) in [5.41, 5.74) is 4.33. The summed E-state index contributed by atoms with van der Waals surface area (Å²) >= 11 is 3.31. The van der Waals surface area contributed by atoms with E-state index in [4.69, 9.17) is 10.1 Å². The molecule has 3 heterocycles. The van der Waals surface area contributed by atoms with Crippen LogP contribution in [0.4, 0.5) is 5.95 Å². The van der Waals surface area contributed by atoms with Gasteiger partial charge in [-0.05, 0) is 42.3 Å². The van der Waals surface area contributed by atoms with E-state index in [2.05, 4.69) is 35.8 Å². The van der Waals surface area contributed by atoms with E-state index in [-0.39, 0.29) is 11.8 Å². The molecule has 0 radical (unpaired) electrons. The first-order chi connectivity index (χ1) is 13.7. The fraction of sp³-hybridized carbons (Fsp3) is 0.286. The number of thiophene rings is 1. The number of aromatic nitrogens is 3. The molecule has 0 saturated heterocycles. The van der Waals surface area contributed by atoms with Crippen molar-refractivity contribution in [1.29, 1.82) is 0 Å². The van der Waals surface area contributed by atoms with Crippen LogP contribution < -0.4 is 5.32 Å². The average molecular weight is 409 g/mol. The molecule has 1 aliphatic carbocycles. The maximum absolute atomic E-state index is 12.8. The summed E-state index contributed by atoms with van der Waals surface area (Å²) in [7, 11) is 0. The minimum atomic E-state index is -0.169. The molecule has 0 amide bonds. The highest BCUT2D eigenvalue weighted by atomic mass is 32.2. The first-order valence-electron chi connectivity index (χ1n) is 9.41. The SMILES string of the molecule is Cc1ccsc1C1C2=C(CCCC2=O)Nc2nc(SCc3ccccc3)nn21. The second-order valence-electron chi connectivity index (χ2n) is 7.10. The van der Waals surface area contributed by atoms with Crippen LogP contribution >= 0.6 is 23.1 Å². The van der Waals surface area contributed by atoms with Gasteiger partial charge < -0.3 is 5.32 Å². The highest BCUT2D eigenvalue weighted by Gasteiger charge is 2.37. The van der Waals surface area contributed by atoms with Gasteiger partial charge in [0.05, 0.1) is 0 Å². The minimum absolute atomic E-state index is 0.169. The molecule has 2 aromatic heterocycles. The Hall–Kier alpha value is -2.38. The minimum Gasteiger partial charge on any atom is -0.328 e. The Morgan fingerprint density at radius 2 is 2.11 bits per heavy atom. The normalized spacial score (nSPS) is 18.6. The number of thioether (sulfide) groups is 1. The third-order valence-electron chi connectivity index (χ3n) is 5.21. The standard InChI is InChI=1S/C21H20N4OS2/c1-13-10-11-27-19(13)18-17-15(8-5-9-16(17)26)22-20-23-21(24-25(18)20)28-12-14-6-3-2-4-7-14/h2-4,6-7,10-11,18H,5,8-9,12H2,1H3,(H,22,23,24). The number of carbonyl (C=O) groups excluding carboxylic acids is 1. The molecule has 142 valence electrons. The van der Waals surface area contributed by atoms with E-state index in [9.17, 15) is 4.79 Å². The highest BCUT2D eigenvalue weighted by Crippen LogP contribution is 2.43. The fourth-order valence-electron chi connectivity index (χ4n) is 3.83. The van der Waals surface area contributed by atoms with Gasteiger partial charge in [-0.25, -0.2) is 4.68 Å². The van der Waals surface area contributed by atoms with E-state index >= 15 is 0 Å². The molecule has 1 atom stereocenters. The predicted molar refractivity (Wildman–Crippen MR) is 113 cm³/mol. The second-order valence-corrected chi connectivity index (χ2v) is 8.99. The molecule has 1 aliphatic heterocycles. The van der Waals surface area contributed by atoms with Crippen LogP contribution in [0.3, 0.4) is 0 Å². The molecule has 1 aromatic carbocycles. The Balaban J connectivity index is 1.52. The number of hydrogen-bond donors (Lipinski definition) is 1. The number of rotatable bonds is 4. The summed E-state index contributed by atoms with van der Waals surface area (Å²) < 4.78 is 1.91. The molecule has 5 rings (SSSR count). The van der Waals surface area contributed by atoms with Crippen molar-refractivity contribution in [3.63, 3.8) is 0 Å². The molecule has 0 bridgehead atoms. The average Bonchev–Trinajstić information content (AvgIpc) is 3.31. The second kappa shape index (κ2) is 7.22. The van der Waals surface area contributed by atoms with Crippen molar-refractivity contribution in [1.82, 2.24) is 14.8 Å². The lowest BCUT2D eigenvalue weighted by molar-refractivity contribution is -0.116. The Morgan fingerprint density at radius 3 is 2.89 bits per heavy atom. The van der Waals surface area contributed by atoms with E-state index in [0.717, 1.165) is 41.0 Å². The van der Waals surface area contributed by atoms with E-state index in [1.807, 2.05) is 22.9 Å². The van der Waals surface area contributed by atoms with Gasteiger partial charge in [-0.1, -0.05) is 42.1 Å². The van der Waals surface area contributed by atoms with E-state index in [1.54, 1.807) is 23.1 Å². The van der Waals surface area contributed by atoms with Gasteiger partial charge in [0.25, 0.3) is 0 Å². The number of ketones is 1. The van der Waals surface area contributed by atoms with Crippen LogP contribution in [0.15, 0.2) is 58.2 Å². The van der Waals surface area contributed by atoms with Crippen LogP contribution in [0.1, 0.15) is 41.3 Å². The first kappa shape index (κ1) is 17.7. The number of nitrogens with zero attached hydrogens (tertiary/aromatic N) is 3. The number of aryl methyl sites for hydroxylation is 1. The summed E-state index contributed by atoms with van der Waals surface area (Å²) in [6.07, 6.45) is 2.40. The summed E-state index contributed by atoms with van der Waals surface area (Å²) in [5, 5.41) is 11.0. The number of anilines is 1. The third-order valence-corrected chi connectivity index (χ3v) is 7.19. The van der Waals surface area contributed by atoms with Crippen molar-refractivity contribution < 1.29 is 4.79 Å². The molecule has 0 spiro atoms. The quantitative estimate of drug-likeness (QED) is 0.618. The van der Waals surface area contributed by atoms with Gasteiger partial charge in [-0.15, -0.1) is 16.4 Å². The lowest BCUT2D eigenvalue weighted by Gasteiger charge is -2.31. The summed E-state index contributed by atoms with van der Waals surface area (Å²) in [5.74, 6) is 1.78. The molecule has 7 heteroatoms. The van der Waals surface area contributed by atoms with Crippen molar-refractivity contribution in [2.45, 2.75) is 43.1 Å². The zero-order valence-electron chi connectivity index (χ0n) is 15.5. The maximum Gasteiger partial charge on any atom is 0.227 e. The van der Waals surface area contributed by atoms with Gasteiger partial charge in [-0.2, -0.15) is 4.98 Å². The molecule has 0 fully saturated rings. The van der Waals surface area contributed by atoms with Crippen LogP contribution in [0.2, 0.25) is 0 Å². The van der Waals surface area contributed by atoms with E-state index in [1.165, 1.54) is 16.0 Å². The topological polar surface area (TPSA) is 59.8 Å². The Morgan fingerprint density at radius 1 is 1.25 bits per heavy atom. The van der Waals surface area contributed by atoms with Crippen molar-refractivity contribution in [3.05, 3.63) is 69.1 Å². The van der Waals surface area contributed by atoms with Crippen molar-refractivity contribution in [2.24, 2.45) is 0 Å². The predicted octanol–water partition coefficient (Wildman–Crippen LogP) is 4.96. The molecule has 0 saturated carbocycles. The van der Waals surface area contributed by atoms with Crippen molar-refractivity contribution in [3.8, 4) is 0 Å². The number of hydrogen-bond acceptors (Lipinski definition) is 6. The molecule has 1 unspecified atom stereocenters. The van der Waals surface area contributed by atoms with Gasteiger partial charge in [0.1, 0.15) is 6.04 Å². The van der Waals surface area contributed by atoms with Gasteiger partial charge in [0.15, 0.2) is 5.78 Å². The maximum atomic E-state index is 12.8. The van der Waals surface area contributed by atoms with Crippen molar-refractivity contribution >= 4 is 34.8 Å². The molecule has 2 aliphatic rings. The number of benzene rings is 1. The smallest absolute Gasteiger partial charge is 0.227 e. The highest BCUT2D eigenvalue weighted by molar-refractivity contribution is 7.98. The zero-order chi connectivity index (χ0) is 19.1. The zero-order valence-corrected chi connectivity index (χ0v) is 17.1. The number of carbonyl (C=O) groups is 1. The van der Waals surface area contributed by atoms with Crippen LogP contribution in [-0.2, 0) is 10.5 Å². The Labute approximate surface area is 171 Å². The number of allylic oxidation sites excluding steroid dienone is 2. The van der Waals surface area contributed by atoms with E-state index in [0.29, 0.717) is 6.42 Å². The molecule has 1 N–H and O–H groups in total. The molecule has 28 heavy (non-hydrogen) atoms. The number of Topliss-reactive ketones (excluding diaryl/α,β-unsaturated/α-hetero) is 1. The van der Waals surface area contributed by atoms with Crippen molar-refractivity contribution in [2.75, 3.05) is 5.32 Å². The number of nitrogens with one attached hydrogen (secondary N) is 1. The molecule has 5 nitrogen and oxygen atoms in total. The third kappa shape index (κ3) is 3.08. The lowest BCUT2D eigenvalue weighted by atomic mass is 9.87. The van der Waals surface area contributed by atoms with Gasteiger partial charge in [0, 0.05) is 28.3 Å². The first-order valence-corrected chi connectivity index (χ1v) is 11.3. The van der Waals surface area contributed by atoms with Gasteiger partial charge >= 0.3 is 0 Å². The van der Waals surface area contributed by atoms with Gasteiger partial charge in [-0.3, -0.25) is 4.79 Å². The molecule has 3 aromatic rings. The van der Waals surface area contributed by atoms with Crippen LogP contribution in [0, 0.1) is 6.92 Å². The van der Waals surface area contributed by atoms with E-state index < -0.39 is 0 Å². The number of fused-ring (bicyclic) bond motifs is 1. The summed E-state index contributed by atoms with van der Waals surface area (Å²) in [4.78, 5) is 18.7. The van der Waals surface area contributed by atoms with Crippen LogP contribution in [-0.4, -0.2) is 20.5 Å². The summed E-state index contributed by atoms with van der Waals surface area (Å²) in [6.45, 7) is 2.10. The lowest BCUT2D eigenvalue weighted by Crippen LogP contribution is -2.31. The fourth-order valence-corrected chi connectivity index (χ4v) is 5.63. The monoisotopic (exact) mass is 408 g/mol. The Bertz CT molecular complexity index is 1070. The van der Waals surface area contributed by atoms with Crippen LogP contribution in [0.25, 0.3) is 0 Å². The van der Waals surface area contributed by atoms with Gasteiger partial charge in [0.2, 0.25) is 11.1 Å². The molecular weight excluding hydrogens is 388 g/mol. The molecular formula is C21H20N4OS2. The van der Waals surface area contributed by atoms with Crippen LogP contribution in [0.5, 0.6) is 0 Å². The largest absolute Gasteiger partial charge is 0.328 e.